The first-order valence-electron chi connectivity index (χ1n) is 8.94. The van der Waals surface area contributed by atoms with Crippen molar-refractivity contribution in [2.45, 2.75) is 16.5 Å². The molecule has 0 unspecified atom stereocenters. The number of hydrogen-bond donors (Lipinski definition) is 1. The molecule has 12 heteroatoms. The lowest BCUT2D eigenvalue weighted by Crippen LogP contribution is -2.14. The zero-order valence-electron chi connectivity index (χ0n) is 16.2. The monoisotopic (exact) mass is 446 g/mol. The molecule has 0 aliphatic carbocycles. The molecule has 0 spiro atoms. The van der Waals surface area contributed by atoms with Crippen LogP contribution in [0.1, 0.15) is 6.42 Å². The van der Waals surface area contributed by atoms with Crippen LogP contribution in [0.5, 0.6) is 5.88 Å². The average molecular weight is 447 g/mol. The summed E-state index contributed by atoms with van der Waals surface area (Å²) in [5.41, 5.74) is 1.41. The predicted molar refractivity (Wildman–Crippen MR) is 113 cm³/mol. The van der Waals surface area contributed by atoms with E-state index in [0.29, 0.717) is 34.8 Å². The molecule has 30 heavy (non-hydrogen) atoms. The van der Waals surface area contributed by atoms with Crippen LogP contribution in [0.3, 0.4) is 0 Å². The van der Waals surface area contributed by atoms with Crippen molar-refractivity contribution in [3.05, 3.63) is 30.3 Å². The average Bonchev–Trinajstić information content (AvgIpc) is 3.34. The predicted octanol–water partition coefficient (Wildman–Crippen LogP) is 3.48. The minimum absolute atomic E-state index is 0.288. The SMILES string of the molecule is COCCCOC(=O)Nc1nc2ccc(Sc3nnc4ccc(OC)nn34)cc2s1. The minimum atomic E-state index is -0.533. The fourth-order valence-corrected chi connectivity index (χ4v) is 4.34. The van der Waals surface area contributed by atoms with Crippen molar-refractivity contribution < 1.29 is 19.0 Å². The maximum absolute atomic E-state index is 11.9. The van der Waals surface area contributed by atoms with Crippen molar-refractivity contribution in [2.75, 3.05) is 32.8 Å². The smallest absolute Gasteiger partial charge is 0.413 e. The van der Waals surface area contributed by atoms with Crippen LogP contribution in [0.2, 0.25) is 0 Å². The third kappa shape index (κ3) is 4.61. The van der Waals surface area contributed by atoms with E-state index >= 15 is 0 Å². The molecule has 4 aromatic rings. The Morgan fingerprint density at radius 1 is 1.20 bits per heavy atom. The molecular weight excluding hydrogens is 428 g/mol. The van der Waals surface area contributed by atoms with Gasteiger partial charge in [0.15, 0.2) is 10.8 Å². The Bertz CT molecular complexity index is 1180. The summed E-state index contributed by atoms with van der Waals surface area (Å²) in [4.78, 5) is 17.2. The lowest BCUT2D eigenvalue weighted by molar-refractivity contribution is 0.134. The van der Waals surface area contributed by atoms with Gasteiger partial charge in [-0.05, 0) is 36.0 Å². The first kappa shape index (κ1) is 20.3. The van der Waals surface area contributed by atoms with Crippen molar-refractivity contribution in [1.82, 2.24) is 24.8 Å². The van der Waals surface area contributed by atoms with E-state index in [4.69, 9.17) is 14.2 Å². The number of aromatic nitrogens is 5. The summed E-state index contributed by atoms with van der Waals surface area (Å²) in [6.07, 6.45) is 0.109. The Labute approximate surface area is 179 Å². The van der Waals surface area contributed by atoms with Gasteiger partial charge < -0.3 is 14.2 Å². The summed E-state index contributed by atoms with van der Waals surface area (Å²) in [5, 5.41) is 16.4. The van der Waals surface area contributed by atoms with Gasteiger partial charge in [0, 0.05) is 31.1 Å². The molecule has 0 fully saturated rings. The second-order valence-electron chi connectivity index (χ2n) is 5.99. The second kappa shape index (κ2) is 9.24. The van der Waals surface area contributed by atoms with E-state index in [1.165, 1.54) is 23.1 Å². The van der Waals surface area contributed by atoms with Crippen LogP contribution in [0.25, 0.3) is 15.9 Å². The number of carbonyl (C=O) groups is 1. The molecule has 3 heterocycles. The fourth-order valence-electron chi connectivity index (χ4n) is 2.54. The number of ether oxygens (including phenoxy) is 3. The largest absolute Gasteiger partial charge is 0.480 e. The summed E-state index contributed by atoms with van der Waals surface area (Å²) in [5.74, 6) is 0.479. The Kier molecular flexibility index (Phi) is 6.26. The van der Waals surface area contributed by atoms with E-state index in [2.05, 4.69) is 25.6 Å². The van der Waals surface area contributed by atoms with Gasteiger partial charge in [0.25, 0.3) is 0 Å². The summed E-state index contributed by atoms with van der Waals surface area (Å²) in [6, 6.07) is 9.33. The van der Waals surface area contributed by atoms with Crippen molar-refractivity contribution in [1.29, 1.82) is 0 Å². The van der Waals surface area contributed by atoms with Crippen LogP contribution in [0.15, 0.2) is 40.4 Å². The zero-order chi connectivity index (χ0) is 20.9. The van der Waals surface area contributed by atoms with Crippen LogP contribution < -0.4 is 10.1 Å². The van der Waals surface area contributed by atoms with E-state index in [1.807, 2.05) is 18.2 Å². The van der Waals surface area contributed by atoms with Crippen molar-refractivity contribution in [3.63, 3.8) is 0 Å². The first-order chi connectivity index (χ1) is 14.7. The normalized spacial score (nSPS) is 11.1. The lowest BCUT2D eigenvalue weighted by atomic mass is 10.3. The highest BCUT2D eigenvalue weighted by Crippen LogP contribution is 2.33. The summed E-state index contributed by atoms with van der Waals surface area (Å²) >= 11 is 2.79. The van der Waals surface area contributed by atoms with E-state index in [9.17, 15) is 4.79 Å². The Morgan fingerprint density at radius 3 is 2.93 bits per heavy atom. The molecule has 0 aliphatic heterocycles. The van der Waals surface area contributed by atoms with Gasteiger partial charge >= 0.3 is 6.09 Å². The zero-order valence-corrected chi connectivity index (χ0v) is 17.8. The van der Waals surface area contributed by atoms with Crippen LogP contribution in [0, 0.1) is 0 Å². The molecule has 0 saturated heterocycles. The highest BCUT2D eigenvalue weighted by molar-refractivity contribution is 7.99. The van der Waals surface area contributed by atoms with E-state index in [1.54, 1.807) is 30.9 Å². The molecule has 3 aromatic heterocycles. The summed E-state index contributed by atoms with van der Waals surface area (Å²) < 4.78 is 17.7. The summed E-state index contributed by atoms with van der Waals surface area (Å²) in [6.45, 7) is 0.828. The first-order valence-corrected chi connectivity index (χ1v) is 10.6. The molecular formula is C18H18N6O4S2. The Morgan fingerprint density at radius 2 is 2.10 bits per heavy atom. The number of fused-ring (bicyclic) bond motifs is 2. The van der Waals surface area contributed by atoms with E-state index in [0.717, 1.165) is 15.1 Å². The van der Waals surface area contributed by atoms with Crippen LogP contribution in [-0.4, -0.2) is 58.3 Å². The van der Waals surface area contributed by atoms with Crippen molar-refractivity contribution >= 4 is 50.2 Å². The maximum atomic E-state index is 11.9. The van der Waals surface area contributed by atoms with Gasteiger partial charge in [-0.1, -0.05) is 11.3 Å². The molecule has 10 nitrogen and oxygen atoms in total. The van der Waals surface area contributed by atoms with Gasteiger partial charge in [0.2, 0.25) is 11.0 Å². The third-order valence-electron chi connectivity index (χ3n) is 3.92. The van der Waals surface area contributed by atoms with Gasteiger partial charge in [0.1, 0.15) is 0 Å². The number of benzene rings is 1. The number of amides is 1. The molecule has 0 bridgehead atoms. The molecule has 1 N–H and O–H groups in total. The minimum Gasteiger partial charge on any atom is -0.480 e. The van der Waals surface area contributed by atoms with Gasteiger partial charge in [-0.25, -0.2) is 9.78 Å². The van der Waals surface area contributed by atoms with Gasteiger partial charge in [-0.3, -0.25) is 5.32 Å². The quantitative estimate of drug-likeness (QED) is 0.406. The number of nitrogens with one attached hydrogen (secondary N) is 1. The molecule has 156 valence electrons. The van der Waals surface area contributed by atoms with Crippen LogP contribution in [0.4, 0.5) is 9.93 Å². The number of rotatable bonds is 8. The number of anilines is 1. The fraction of sp³-hybridized carbons (Fsp3) is 0.278. The molecule has 0 radical (unpaired) electrons. The molecule has 1 aromatic carbocycles. The number of carbonyl (C=O) groups excluding carboxylic acids is 1. The maximum Gasteiger partial charge on any atom is 0.413 e. The van der Waals surface area contributed by atoms with Gasteiger partial charge in [-0.15, -0.1) is 15.3 Å². The topological polar surface area (TPSA) is 113 Å². The number of hydrogen-bond acceptors (Lipinski definition) is 10. The molecule has 0 aliphatic rings. The van der Waals surface area contributed by atoms with Crippen LogP contribution in [-0.2, 0) is 9.47 Å². The number of thiazole rings is 1. The molecule has 0 saturated carbocycles. The lowest BCUT2D eigenvalue weighted by Gasteiger charge is -2.03. The number of methoxy groups -OCH3 is 2. The van der Waals surface area contributed by atoms with Crippen LogP contribution >= 0.6 is 23.1 Å². The third-order valence-corrected chi connectivity index (χ3v) is 5.78. The second-order valence-corrected chi connectivity index (χ2v) is 8.06. The number of nitrogens with zero attached hydrogens (tertiary/aromatic N) is 5. The Hall–Kier alpha value is -2.96. The standard InChI is InChI=1S/C18H18N6O4S2/c1-26-8-3-9-28-18(25)20-16-19-12-5-4-11(10-13(12)30-16)29-17-22-21-14-6-7-15(27-2)23-24(14)17/h4-7,10H,3,8-9H2,1-2H3,(H,19,20,25). The molecule has 4 rings (SSSR count). The van der Waals surface area contributed by atoms with Gasteiger partial charge in [0.05, 0.1) is 23.9 Å². The van der Waals surface area contributed by atoms with Crippen molar-refractivity contribution in [2.24, 2.45) is 0 Å². The van der Waals surface area contributed by atoms with Crippen molar-refractivity contribution in [3.8, 4) is 5.88 Å². The van der Waals surface area contributed by atoms with Gasteiger partial charge in [-0.2, -0.15) is 4.52 Å². The van der Waals surface area contributed by atoms with E-state index < -0.39 is 6.09 Å². The molecule has 0 atom stereocenters. The summed E-state index contributed by atoms with van der Waals surface area (Å²) in [7, 11) is 3.16. The Balaban J connectivity index is 1.47. The highest BCUT2D eigenvalue weighted by Gasteiger charge is 2.13. The molecule has 1 amide bonds. The highest BCUT2D eigenvalue weighted by atomic mass is 32.2. The van der Waals surface area contributed by atoms with E-state index in [-0.39, 0.29) is 6.61 Å².